The fraction of sp³-hybridized carbons (Fsp3) is 0.423. The molecule has 1 aliphatic heterocycles. The van der Waals surface area contributed by atoms with Crippen LogP contribution in [0.1, 0.15) is 53.2 Å². The number of carbonyl (C=O) groups excluding carboxylic acids is 1. The van der Waals surface area contributed by atoms with E-state index in [1.165, 1.54) is 11.1 Å². The van der Waals surface area contributed by atoms with Crippen LogP contribution in [0, 0.1) is 17.8 Å². The molecule has 3 aliphatic carbocycles. The third-order valence-electron chi connectivity index (χ3n) is 8.09. The Hall–Kier alpha value is -2.59. The molecule has 0 saturated heterocycles. The highest BCUT2D eigenvalue weighted by atomic mass is 16.6. The summed E-state index contributed by atoms with van der Waals surface area (Å²) in [7, 11) is 0. The summed E-state index contributed by atoms with van der Waals surface area (Å²) in [6, 6.07) is 13.3. The molecule has 154 valence electrons. The van der Waals surface area contributed by atoms with Gasteiger partial charge in [0.1, 0.15) is 11.5 Å². The Balaban J connectivity index is 1.46. The molecule has 1 saturated carbocycles. The highest BCUT2D eigenvalue weighted by molar-refractivity contribution is 5.90. The summed E-state index contributed by atoms with van der Waals surface area (Å²) in [5, 5.41) is 9.95. The SMILES string of the molecule is CC1CCC23c4c5ccc(CO)c4OC2C(OC(=O)c2ccccc2)=CCC3C1C5. The lowest BCUT2D eigenvalue weighted by molar-refractivity contribution is -0.0194. The number of carbonyl (C=O) groups is 1. The molecular weight excluding hydrogens is 376 g/mol. The van der Waals surface area contributed by atoms with Crippen LogP contribution < -0.4 is 4.74 Å². The molecular formula is C26H26O4. The largest absolute Gasteiger partial charge is 0.481 e. The van der Waals surface area contributed by atoms with Gasteiger partial charge in [0.15, 0.2) is 6.10 Å². The molecule has 30 heavy (non-hydrogen) atoms. The Labute approximate surface area is 176 Å². The van der Waals surface area contributed by atoms with Gasteiger partial charge in [-0.1, -0.05) is 37.3 Å². The number of ether oxygens (including phenoxy) is 2. The molecule has 0 amide bonds. The number of benzene rings is 2. The predicted octanol–water partition coefficient (Wildman–Crippen LogP) is 4.54. The van der Waals surface area contributed by atoms with Crippen LogP contribution in [0.25, 0.3) is 0 Å². The molecule has 2 bridgehead atoms. The zero-order chi connectivity index (χ0) is 20.5. The first-order valence-corrected chi connectivity index (χ1v) is 11.0. The van der Waals surface area contributed by atoms with E-state index in [4.69, 9.17) is 9.47 Å². The second kappa shape index (κ2) is 6.45. The number of aliphatic hydroxyl groups excluding tert-OH is 1. The highest BCUT2D eigenvalue weighted by Gasteiger charge is 2.64. The minimum absolute atomic E-state index is 0.0429. The molecule has 0 aromatic heterocycles. The molecule has 4 nitrogen and oxygen atoms in total. The lowest BCUT2D eigenvalue weighted by Gasteiger charge is -2.56. The van der Waals surface area contributed by atoms with Gasteiger partial charge >= 0.3 is 5.97 Å². The maximum atomic E-state index is 12.8. The van der Waals surface area contributed by atoms with E-state index in [9.17, 15) is 9.90 Å². The Morgan fingerprint density at radius 2 is 2.07 bits per heavy atom. The van der Waals surface area contributed by atoms with Crippen molar-refractivity contribution < 1.29 is 19.4 Å². The lowest BCUT2D eigenvalue weighted by Crippen LogP contribution is -2.57. The van der Waals surface area contributed by atoms with Crippen LogP contribution in [-0.2, 0) is 23.2 Å². The molecule has 1 spiro atoms. The Morgan fingerprint density at radius 3 is 2.87 bits per heavy atom. The first kappa shape index (κ1) is 18.2. The van der Waals surface area contributed by atoms with Gasteiger partial charge in [-0.05, 0) is 67.2 Å². The summed E-state index contributed by atoms with van der Waals surface area (Å²) in [6.45, 7) is 2.34. The topological polar surface area (TPSA) is 55.8 Å². The highest BCUT2D eigenvalue weighted by Crippen LogP contribution is 2.65. The Bertz CT molecular complexity index is 1060. The van der Waals surface area contributed by atoms with Gasteiger partial charge in [0.25, 0.3) is 0 Å². The molecule has 2 aromatic carbocycles. The van der Waals surface area contributed by atoms with E-state index in [0.29, 0.717) is 29.1 Å². The first-order valence-electron chi connectivity index (χ1n) is 11.0. The van der Waals surface area contributed by atoms with Gasteiger partial charge in [0.05, 0.1) is 12.2 Å². The van der Waals surface area contributed by atoms with Gasteiger partial charge in [0, 0.05) is 16.5 Å². The number of hydrogen-bond donors (Lipinski definition) is 1. The van der Waals surface area contributed by atoms with E-state index >= 15 is 0 Å². The molecule has 0 radical (unpaired) electrons. The normalized spacial score (nSPS) is 32.7. The molecule has 4 heteroatoms. The van der Waals surface area contributed by atoms with Gasteiger partial charge in [-0.15, -0.1) is 0 Å². The minimum Gasteiger partial charge on any atom is -0.481 e. The van der Waals surface area contributed by atoms with E-state index in [-0.39, 0.29) is 24.1 Å². The van der Waals surface area contributed by atoms with Crippen LogP contribution in [0.4, 0.5) is 0 Å². The average molecular weight is 402 g/mol. The van der Waals surface area contributed by atoms with Crippen molar-refractivity contribution in [2.75, 3.05) is 0 Å². The Kier molecular flexibility index (Phi) is 3.91. The Morgan fingerprint density at radius 1 is 1.23 bits per heavy atom. The zero-order valence-electron chi connectivity index (χ0n) is 17.1. The number of esters is 1. The van der Waals surface area contributed by atoms with Crippen molar-refractivity contribution in [2.45, 2.75) is 50.7 Å². The standard InChI is InChI=1S/C26H26O4/c1-15-11-12-26-20-9-10-21(29-25(28)16-5-3-2-4-6-16)24(26)30-23-18(14-27)8-7-17(22(23)26)13-19(15)20/h2-8,10,15,19-20,24,27H,9,11-14H2,1H3. The molecule has 1 fully saturated rings. The molecule has 4 aliphatic rings. The smallest absolute Gasteiger partial charge is 0.343 e. The van der Waals surface area contributed by atoms with E-state index in [0.717, 1.165) is 37.0 Å². The maximum absolute atomic E-state index is 12.8. The third-order valence-corrected chi connectivity index (χ3v) is 8.09. The van der Waals surface area contributed by atoms with Gasteiger partial charge < -0.3 is 14.6 Å². The van der Waals surface area contributed by atoms with E-state index in [2.05, 4.69) is 19.1 Å². The number of allylic oxidation sites excluding steroid dienone is 1. The van der Waals surface area contributed by atoms with E-state index in [1.54, 1.807) is 12.1 Å². The average Bonchev–Trinajstić information content (AvgIpc) is 3.13. The third kappa shape index (κ3) is 2.28. The first-order chi connectivity index (χ1) is 14.6. The van der Waals surface area contributed by atoms with Crippen LogP contribution in [0.3, 0.4) is 0 Å². The van der Waals surface area contributed by atoms with Crippen molar-refractivity contribution in [1.82, 2.24) is 0 Å². The molecule has 1 N–H and O–H groups in total. The van der Waals surface area contributed by atoms with Crippen molar-refractivity contribution in [1.29, 1.82) is 0 Å². The fourth-order valence-corrected chi connectivity index (χ4v) is 6.72. The number of aliphatic hydroxyl groups is 1. The van der Waals surface area contributed by atoms with Gasteiger partial charge in [0.2, 0.25) is 0 Å². The summed E-state index contributed by atoms with van der Waals surface area (Å²) in [4.78, 5) is 12.8. The summed E-state index contributed by atoms with van der Waals surface area (Å²) < 4.78 is 12.5. The van der Waals surface area contributed by atoms with E-state index < -0.39 is 0 Å². The summed E-state index contributed by atoms with van der Waals surface area (Å²) in [6.07, 6.45) is 5.98. The van der Waals surface area contributed by atoms with Crippen LogP contribution in [0.15, 0.2) is 54.3 Å². The molecule has 6 rings (SSSR count). The van der Waals surface area contributed by atoms with Crippen LogP contribution in [-0.4, -0.2) is 17.2 Å². The van der Waals surface area contributed by atoms with Gasteiger partial charge in [-0.25, -0.2) is 4.79 Å². The summed E-state index contributed by atoms with van der Waals surface area (Å²) in [5.41, 5.74) is 3.87. The minimum atomic E-state index is -0.338. The van der Waals surface area contributed by atoms with Crippen molar-refractivity contribution >= 4 is 5.97 Å². The fourth-order valence-electron chi connectivity index (χ4n) is 6.72. The van der Waals surface area contributed by atoms with Gasteiger partial charge in [-0.2, -0.15) is 0 Å². The predicted molar refractivity (Wildman–Crippen MR) is 112 cm³/mol. The van der Waals surface area contributed by atoms with Gasteiger partial charge in [-0.3, -0.25) is 0 Å². The zero-order valence-corrected chi connectivity index (χ0v) is 17.1. The summed E-state index contributed by atoms with van der Waals surface area (Å²) >= 11 is 0. The number of rotatable bonds is 3. The quantitative estimate of drug-likeness (QED) is 0.766. The van der Waals surface area contributed by atoms with Crippen molar-refractivity contribution in [3.8, 4) is 5.75 Å². The maximum Gasteiger partial charge on any atom is 0.343 e. The van der Waals surface area contributed by atoms with Crippen LogP contribution in [0.2, 0.25) is 0 Å². The second-order valence-electron chi connectivity index (χ2n) is 9.37. The monoisotopic (exact) mass is 402 g/mol. The van der Waals surface area contributed by atoms with Crippen LogP contribution in [0.5, 0.6) is 5.75 Å². The van der Waals surface area contributed by atoms with E-state index in [1.807, 2.05) is 24.3 Å². The molecule has 2 aromatic rings. The van der Waals surface area contributed by atoms with Crippen molar-refractivity contribution in [3.63, 3.8) is 0 Å². The molecule has 5 unspecified atom stereocenters. The number of hydrogen-bond acceptors (Lipinski definition) is 4. The van der Waals surface area contributed by atoms with Crippen molar-refractivity contribution in [3.05, 3.63) is 76.6 Å². The molecule has 1 heterocycles. The second-order valence-corrected chi connectivity index (χ2v) is 9.37. The summed E-state index contributed by atoms with van der Waals surface area (Å²) in [5.74, 6) is 2.93. The van der Waals surface area contributed by atoms with Crippen LogP contribution >= 0.6 is 0 Å². The van der Waals surface area contributed by atoms with Crippen molar-refractivity contribution in [2.24, 2.45) is 17.8 Å². The lowest BCUT2D eigenvalue weighted by atomic mass is 9.47. The molecule has 5 atom stereocenters.